The third-order valence-corrected chi connectivity index (χ3v) is 2.45. The van der Waals surface area contributed by atoms with E-state index in [1.807, 2.05) is 6.07 Å². The Labute approximate surface area is 83.5 Å². The topological polar surface area (TPSA) is 60.2 Å². The Bertz CT molecular complexity index is 304. The van der Waals surface area contributed by atoms with Crippen LogP contribution in [0.5, 0.6) is 0 Å². The molecule has 14 heavy (non-hydrogen) atoms. The molecule has 1 fully saturated rings. The van der Waals surface area contributed by atoms with Gasteiger partial charge >= 0.3 is 0 Å². The summed E-state index contributed by atoms with van der Waals surface area (Å²) < 4.78 is 5.35. The zero-order chi connectivity index (χ0) is 10.0. The van der Waals surface area contributed by atoms with Crippen molar-refractivity contribution in [2.45, 2.75) is 18.9 Å². The lowest BCUT2D eigenvalue weighted by atomic mass is 10.0. The van der Waals surface area contributed by atoms with Crippen molar-refractivity contribution in [3.05, 3.63) is 18.3 Å². The van der Waals surface area contributed by atoms with Crippen LogP contribution in [-0.2, 0) is 4.74 Å². The number of nitrogen functional groups attached to an aromatic ring is 1. The minimum absolute atomic E-state index is 0.0395. The van der Waals surface area contributed by atoms with E-state index in [9.17, 15) is 0 Å². The first-order valence-electron chi connectivity index (χ1n) is 4.75. The summed E-state index contributed by atoms with van der Waals surface area (Å²) >= 11 is 0. The predicted octanol–water partition coefficient (Wildman–Crippen LogP) is 1.25. The summed E-state index contributed by atoms with van der Waals surface area (Å²) in [7, 11) is 0. The molecular weight excluding hydrogens is 178 g/mol. The van der Waals surface area contributed by atoms with Gasteiger partial charge < -0.3 is 15.8 Å². The van der Waals surface area contributed by atoms with Crippen LogP contribution in [-0.4, -0.2) is 23.7 Å². The molecule has 0 radical (unpaired) electrons. The first kappa shape index (κ1) is 9.27. The van der Waals surface area contributed by atoms with Crippen molar-refractivity contribution in [3.63, 3.8) is 0 Å². The van der Waals surface area contributed by atoms with Gasteiger partial charge in [-0.05, 0) is 25.5 Å². The molecule has 1 saturated heterocycles. The number of rotatable bonds is 2. The summed E-state index contributed by atoms with van der Waals surface area (Å²) in [6, 6.07) is 3.73. The summed E-state index contributed by atoms with van der Waals surface area (Å²) in [6.07, 6.45) is 2.77. The summed E-state index contributed by atoms with van der Waals surface area (Å²) in [5, 5.41) is 3.40. The standard InChI is InChI=1S/C10H15N3O/c1-10(4-5-14-7-10)13-8-2-3-9(11)12-6-8/h2-3,6,13H,4-5,7H2,1H3,(H2,11,12). The van der Waals surface area contributed by atoms with Crippen molar-refractivity contribution in [2.24, 2.45) is 0 Å². The van der Waals surface area contributed by atoms with Crippen LogP contribution in [0.1, 0.15) is 13.3 Å². The number of nitrogens with two attached hydrogens (primary N) is 1. The van der Waals surface area contributed by atoms with Crippen LogP contribution in [0.2, 0.25) is 0 Å². The van der Waals surface area contributed by atoms with Crippen LogP contribution in [0.3, 0.4) is 0 Å². The van der Waals surface area contributed by atoms with Crippen molar-refractivity contribution < 1.29 is 4.74 Å². The molecule has 0 amide bonds. The highest BCUT2D eigenvalue weighted by molar-refractivity contribution is 5.47. The summed E-state index contributed by atoms with van der Waals surface area (Å²) in [5.74, 6) is 0.545. The van der Waals surface area contributed by atoms with Crippen molar-refractivity contribution in [2.75, 3.05) is 24.3 Å². The van der Waals surface area contributed by atoms with E-state index in [4.69, 9.17) is 10.5 Å². The van der Waals surface area contributed by atoms with Crippen LogP contribution in [0.4, 0.5) is 11.5 Å². The number of aromatic nitrogens is 1. The zero-order valence-electron chi connectivity index (χ0n) is 8.29. The Morgan fingerprint density at radius 2 is 2.43 bits per heavy atom. The van der Waals surface area contributed by atoms with Gasteiger partial charge in [-0.3, -0.25) is 0 Å². The quantitative estimate of drug-likeness (QED) is 0.742. The van der Waals surface area contributed by atoms with Crippen molar-refractivity contribution in [3.8, 4) is 0 Å². The van der Waals surface area contributed by atoms with Crippen LogP contribution >= 0.6 is 0 Å². The van der Waals surface area contributed by atoms with Crippen LogP contribution in [0, 0.1) is 0 Å². The van der Waals surface area contributed by atoms with Gasteiger partial charge in [0.25, 0.3) is 0 Å². The lowest BCUT2D eigenvalue weighted by molar-refractivity contribution is 0.185. The Balaban J connectivity index is 2.06. The molecule has 2 rings (SSSR count). The maximum absolute atomic E-state index is 5.50. The molecule has 0 aromatic carbocycles. The number of nitrogens with zero attached hydrogens (tertiary/aromatic N) is 1. The molecule has 0 spiro atoms. The molecular formula is C10H15N3O. The highest BCUT2D eigenvalue weighted by Gasteiger charge is 2.29. The first-order chi connectivity index (χ1) is 6.68. The van der Waals surface area contributed by atoms with Gasteiger partial charge in [-0.25, -0.2) is 4.98 Å². The third-order valence-electron chi connectivity index (χ3n) is 2.45. The number of hydrogen-bond donors (Lipinski definition) is 2. The largest absolute Gasteiger partial charge is 0.384 e. The zero-order valence-corrected chi connectivity index (χ0v) is 8.29. The lowest BCUT2D eigenvalue weighted by Crippen LogP contribution is -2.34. The normalized spacial score (nSPS) is 26.4. The fraction of sp³-hybridized carbons (Fsp3) is 0.500. The van der Waals surface area contributed by atoms with E-state index in [-0.39, 0.29) is 5.54 Å². The molecule has 1 atom stereocenters. The van der Waals surface area contributed by atoms with E-state index in [1.165, 1.54) is 0 Å². The second kappa shape index (κ2) is 3.46. The SMILES string of the molecule is CC1(Nc2ccc(N)nc2)CCOC1. The molecule has 0 bridgehead atoms. The molecule has 3 N–H and O–H groups in total. The van der Waals surface area contributed by atoms with Crippen molar-refractivity contribution >= 4 is 11.5 Å². The van der Waals surface area contributed by atoms with Crippen molar-refractivity contribution in [1.82, 2.24) is 4.98 Å². The lowest BCUT2D eigenvalue weighted by Gasteiger charge is -2.24. The number of nitrogens with one attached hydrogen (secondary N) is 1. The summed E-state index contributed by atoms with van der Waals surface area (Å²) in [6.45, 7) is 3.72. The number of anilines is 2. The highest BCUT2D eigenvalue weighted by Crippen LogP contribution is 2.23. The number of pyridine rings is 1. The molecule has 1 aliphatic heterocycles. The average molecular weight is 193 g/mol. The number of hydrogen-bond acceptors (Lipinski definition) is 4. The monoisotopic (exact) mass is 193 g/mol. The van der Waals surface area contributed by atoms with E-state index in [1.54, 1.807) is 12.3 Å². The molecule has 0 saturated carbocycles. The maximum atomic E-state index is 5.50. The average Bonchev–Trinajstić information content (AvgIpc) is 2.57. The predicted molar refractivity (Wildman–Crippen MR) is 56.1 cm³/mol. The highest BCUT2D eigenvalue weighted by atomic mass is 16.5. The summed E-state index contributed by atoms with van der Waals surface area (Å²) in [5.41, 5.74) is 6.54. The Morgan fingerprint density at radius 3 is 3.00 bits per heavy atom. The molecule has 2 heterocycles. The van der Waals surface area contributed by atoms with Gasteiger partial charge in [-0.1, -0.05) is 0 Å². The van der Waals surface area contributed by atoms with E-state index in [0.29, 0.717) is 5.82 Å². The number of ether oxygens (including phenoxy) is 1. The van der Waals surface area contributed by atoms with E-state index < -0.39 is 0 Å². The van der Waals surface area contributed by atoms with Gasteiger partial charge in [0.15, 0.2) is 0 Å². The second-order valence-electron chi connectivity index (χ2n) is 3.96. The Morgan fingerprint density at radius 1 is 1.57 bits per heavy atom. The van der Waals surface area contributed by atoms with E-state index in [2.05, 4.69) is 17.2 Å². The van der Waals surface area contributed by atoms with Gasteiger partial charge in [-0.2, -0.15) is 0 Å². The fourth-order valence-electron chi connectivity index (χ4n) is 1.59. The fourth-order valence-corrected chi connectivity index (χ4v) is 1.59. The molecule has 1 unspecified atom stereocenters. The Hall–Kier alpha value is -1.29. The van der Waals surface area contributed by atoms with E-state index in [0.717, 1.165) is 25.3 Å². The smallest absolute Gasteiger partial charge is 0.123 e. The van der Waals surface area contributed by atoms with Gasteiger partial charge in [0.05, 0.1) is 24.0 Å². The third kappa shape index (κ3) is 1.96. The van der Waals surface area contributed by atoms with Gasteiger partial charge in [-0.15, -0.1) is 0 Å². The molecule has 1 aromatic rings. The molecule has 4 nitrogen and oxygen atoms in total. The summed E-state index contributed by atoms with van der Waals surface area (Å²) in [4.78, 5) is 4.03. The minimum atomic E-state index is 0.0395. The second-order valence-corrected chi connectivity index (χ2v) is 3.96. The minimum Gasteiger partial charge on any atom is -0.384 e. The van der Waals surface area contributed by atoms with Gasteiger partial charge in [0.2, 0.25) is 0 Å². The van der Waals surface area contributed by atoms with Crippen LogP contribution in [0.15, 0.2) is 18.3 Å². The van der Waals surface area contributed by atoms with Crippen molar-refractivity contribution in [1.29, 1.82) is 0 Å². The first-order valence-corrected chi connectivity index (χ1v) is 4.75. The Kier molecular flexibility index (Phi) is 2.29. The molecule has 4 heteroatoms. The van der Waals surface area contributed by atoms with Crippen LogP contribution < -0.4 is 11.1 Å². The van der Waals surface area contributed by atoms with Gasteiger partial charge in [0.1, 0.15) is 5.82 Å². The molecule has 76 valence electrons. The maximum Gasteiger partial charge on any atom is 0.123 e. The molecule has 1 aromatic heterocycles. The van der Waals surface area contributed by atoms with E-state index >= 15 is 0 Å². The van der Waals surface area contributed by atoms with Gasteiger partial charge in [0, 0.05) is 6.61 Å². The molecule has 0 aliphatic carbocycles. The van der Waals surface area contributed by atoms with Crippen LogP contribution in [0.25, 0.3) is 0 Å². The molecule has 1 aliphatic rings.